The summed E-state index contributed by atoms with van der Waals surface area (Å²) in [5.74, 6) is -0.214. The maximum atomic E-state index is 12.0. The van der Waals surface area contributed by atoms with Gasteiger partial charge >= 0.3 is 5.97 Å². The van der Waals surface area contributed by atoms with Crippen molar-refractivity contribution in [3.05, 3.63) is 71.8 Å². The third-order valence-electron chi connectivity index (χ3n) is 3.79. The molecule has 96 valence electrons. The normalized spacial score (nSPS) is 13.3. The van der Waals surface area contributed by atoms with Crippen LogP contribution in [0.1, 0.15) is 15.9 Å². The van der Waals surface area contributed by atoms with E-state index >= 15 is 0 Å². The molecule has 2 nitrogen and oxygen atoms in total. The largest absolute Gasteiger partial charge is 0.457 e. The first kappa shape index (κ1) is 11.2. The van der Waals surface area contributed by atoms with Crippen molar-refractivity contribution < 1.29 is 9.53 Å². The maximum Gasteiger partial charge on any atom is 0.339 e. The third-order valence-corrected chi connectivity index (χ3v) is 3.79. The summed E-state index contributed by atoms with van der Waals surface area (Å²) in [4.78, 5) is 12.0. The van der Waals surface area contributed by atoms with Crippen LogP contribution in [0.5, 0.6) is 0 Å². The van der Waals surface area contributed by atoms with Gasteiger partial charge in [0.15, 0.2) is 0 Å². The highest BCUT2D eigenvalue weighted by Gasteiger charge is 2.27. The van der Waals surface area contributed by atoms with Gasteiger partial charge in [-0.25, -0.2) is 4.79 Å². The Bertz CT molecular complexity index is 819. The van der Waals surface area contributed by atoms with Gasteiger partial charge in [0, 0.05) is 5.56 Å². The minimum absolute atomic E-state index is 0.214. The van der Waals surface area contributed by atoms with Crippen LogP contribution >= 0.6 is 0 Å². The summed E-state index contributed by atoms with van der Waals surface area (Å²) in [5, 5.41) is 2.05. The lowest BCUT2D eigenvalue weighted by Gasteiger charge is -2.09. The average Bonchev–Trinajstić information content (AvgIpc) is 2.90. The highest BCUT2D eigenvalue weighted by Crippen LogP contribution is 2.36. The van der Waals surface area contributed by atoms with Crippen molar-refractivity contribution in [2.75, 3.05) is 0 Å². The lowest BCUT2D eigenvalue weighted by Crippen LogP contribution is -1.96. The van der Waals surface area contributed by atoms with Gasteiger partial charge in [0.1, 0.15) is 6.61 Å². The van der Waals surface area contributed by atoms with Crippen molar-refractivity contribution in [1.82, 2.24) is 0 Å². The van der Waals surface area contributed by atoms with Crippen LogP contribution in [-0.2, 0) is 11.3 Å². The molecule has 1 heterocycles. The first-order valence-corrected chi connectivity index (χ1v) is 6.62. The number of rotatable bonds is 1. The van der Waals surface area contributed by atoms with Gasteiger partial charge in [-0.3, -0.25) is 0 Å². The molecule has 0 unspecified atom stereocenters. The van der Waals surface area contributed by atoms with Gasteiger partial charge < -0.3 is 4.74 Å². The Balaban J connectivity index is 2.11. The summed E-state index contributed by atoms with van der Waals surface area (Å²) in [6.45, 7) is 0.364. The van der Waals surface area contributed by atoms with Gasteiger partial charge in [0.05, 0.1) is 5.56 Å². The molecule has 1 aliphatic rings. The van der Waals surface area contributed by atoms with Crippen LogP contribution in [0, 0.1) is 0 Å². The highest BCUT2D eigenvalue weighted by atomic mass is 16.5. The van der Waals surface area contributed by atoms with Crippen molar-refractivity contribution in [2.45, 2.75) is 6.61 Å². The molecule has 0 saturated heterocycles. The molecular weight excluding hydrogens is 248 g/mol. The quantitative estimate of drug-likeness (QED) is 0.614. The predicted octanol–water partition coefficient (Wildman–Crippen LogP) is 4.18. The topological polar surface area (TPSA) is 26.3 Å². The molecule has 0 saturated carbocycles. The number of carbonyl (C=O) groups is 1. The molecule has 0 N–H and O–H groups in total. The predicted molar refractivity (Wildman–Crippen MR) is 78.5 cm³/mol. The van der Waals surface area contributed by atoms with Crippen LogP contribution in [0.2, 0.25) is 0 Å². The van der Waals surface area contributed by atoms with E-state index < -0.39 is 0 Å². The molecule has 0 aromatic heterocycles. The summed E-state index contributed by atoms with van der Waals surface area (Å²) < 4.78 is 5.25. The van der Waals surface area contributed by atoms with E-state index in [0.717, 1.165) is 33.0 Å². The number of fused-ring (bicyclic) bond motifs is 3. The van der Waals surface area contributed by atoms with Gasteiger partial charge in [0.2, 0.25) is 0 Å². The Morgan fingerprint density at radius 3 is 2.50 bits per heavy atom. The number of hydrogen-bond donors (Lipinski definition) is 0. The Kier molecular flexibility index (Phi) is 2.36. The molecule has 20 heavy (non-hydrogen) atoms. The second kappa shape index (κ2) is 4.20. The van der Waals surface area contributed by atoms with Gasteiger partial charge in [-0.2, -0.15) is 0 Å². The Morgan fingerprint density at radius 1 is 0.900 bits per heavy atom. The van der Waals surface area contributed by atoms with Crippen molar-refractivity contribution >= 4 is 16.7 Å². The molecule has 0 spiro atoms. The van der Waals surface area contributed by atoms with E-state index in [4.69, 9.17) is 4.74 Å². The summed E-state index contributed by atoms with van der Waals surface area (Å²) in [7, 11) is 0. The minimum atomic E-state index is -0.214. The Labute approximate surface area is 116 Å². The zero-order valence-electron chi connectivity index (χ0n) is 10.8. The van der Waals surface area contributed by atoms with Crippen LogP contribution < -0.4 is 0 Å². The molecule has 1 aliphatic heterocycles. The van der Waals surface area contributed by atoms with Crippen LogP contribution in [-0.4, -0.2) is 5.97 Å². The fourth-order valence-electron chi connectivity index (χ4n) is 2.86. The van der Waals surface area contributed by atoms with Gasteiger partial charge in [0.25, 0.3) is 0 Å². The molecule has 2 heteroatoms. The molecule has 3 aromatic carbocycles. The van der Waals surface area contributed by atoms with E-state index in [1.54, 1.807) is 0 Å². The van der Waals surface area contributed by atoms with Gasteiger partial charge in [-0.1, -0.05) is 54.6 Å². The molecule has 4 rings (SSSR count). The second-order valence-electron chi connectivity index (χ2n) is 4.94. The molecule has 0 radical (unpaired) electrons. The molecule has 0 atom stereocenters. The molecule has 0 fully saturated rings. The van der Waals surface area contributed by atoms with E-state index in [2.05, 4.69) is 18.2 Å². The van der Waals surface area contributed by atoms with Crippen LogP contribution in [0.25, 0.3) is 21.9 Å². The van der Waals surface area contributed by atoms with Crippen LogP contribution in [0.3, 0.4) is 0 Å². The van der Waals surface area contributed by atoms with E-state index in [1.165, 1.54) is 0 Å². The lowest BCUT2D eigenvalue weighted by molar-refractivity contribution is 0.0537. The monoisotopic (exact) mass is 260 g/mol. The van der Waals surface area contributed by atoms with Crippen LogP contribution in [0.15, 0.2) is 60.7 Å². The summed E-state index contributed by atoms with van der Waals surface area (Å²) in [6.07, 6.45) is 0. The number of benzene rings is 3. The molecular formula is C18H12O2. The van der Waals surface area contributed by atoms with E-state index in [-0.39, 0.29) is 5.97 Å². The second-order valence-corrected chi connectivity index (χ2v) is 4.94. The van der Waals surface area contributed by atoms with E-state index in [0.29, 0.717) is 6.61 Å². The summed E-state index contributed by atoms with van der Waals surface area (Å²) >= 11 is 0. The zero-order valence-corrected chi connectivity index (χ0v) is 10.8. The highest BCUT2D eigenvalue weighted by molar-refractivity contribution is 6.09. The third kappa shape index (κ3) is 1.55. The van der Waals surface area contributed by atoms with Crippen molar-refractivity contribution in [1.29, 1.82) is 0 Å². The summed E-state index contributed by atoms with van der Waals surface area (Å²) in [6, 6.07) is 20.2. The molecule has 0 amide bonds. The van der Waals surface area contributed by atoms with E-state index in [1.807, 2.05) is 42.5 Å². The lowest BCUT2D eigenvalue weighted by atomic mass is 9.92. The Morgan fingerprint density at radius 2 is 1.65 bits per heavy atom. The zero-order chi connectivity index (χ0) is 13.5. The fourth-order valence-corrected chi connectivity index (χ4v) is 2.86. The van der Waals surface area contributed by atoms with E-state index in [9.17, 15) is 4.79 Å². The first-order chi connectivity index (χ1) is 9.84. The SMILES string of the molecule is O=C1OCc2c(-c3ccccc3)cc3ccccc3c21. The molecule has 3 aromatic rings. The number of carbonyl (C=O) groups excluding carboxylic acids is 1. The smallest absolute Gasteiger partial charge is 0.339 e. The number of esters is 1. The van der Waals surface area contributed by atoms with Crippen molar-refractivity contribution in [3.63, 3.8) is 0 Å². The summed E-state index contributed by atoms with van der Waals surface area (Å²) in [5.41, 5.74) is 3.93. The molecule has 0 bridgehead atoms. The van der Waals surface area contributed by atoms with Crippen molar-refractivity contribution in [2.24, 2.45) is 0 Å². The molecule has 0 aliphatic carbocycles. The van der Waals surface area contributed by atoms with Crippen LogP contribution in [0.4, 0.5) is 0 Å². The van der Waals surface area contributed by atoms with Gasteiger partial charge in [-0.15, -0.1) is 0 Å². The average molecular weight is 260 g/mol. The number of ether oxygens (including phenoxy) is 1. The van der Waals surface area contributed by atoms with Gasteiger partial charge in [-0.05, 0) is 28.0 Å². The standard InChI is InChI=1S/C18H12O2/c19-18-17-14-9-5-4-8-13(14)10-15(16(17)11-20-18)12-6-2-1-3-7-12/h1-10H,11H2. The van der Waals surface area contributed by atoms with Crippen molar-refractivity contribution in [3.8, 4) is 11.1 Å². The minimum Gasteiger partial charge on any atom is -0.457 e. The maximum absolute atomic E-state index is 12.0. The number of cyclic esters (lactones) is 1. The Hall–Kier alpha value is -2.61. The fraction of sp³-hybridized carbons (Fsp3) is 0.0556. The number of hydrogen-bond acceptors (Lipinski definition) is 2. The first-order valence-electron chi connectivity index (χ1n) is 6.62.